The molecule has 0 aromatic heterocycles. The van der Waals surface area contributed by atoms with Gasteiger partial charge >= 0.3 is 0 Å². The zero-order chi connectivity index (χ0) is 41.2. The fraction of sp³-hybridized carbons (Fsp3) is 0.125. The zero-order valence-electron chi connectivity index (χ0n) is 37.2. The van der Waals surface area contributed by atoms with E-state index in [4.69, 9.17) is 13.7 Å². The second kappa shape index (κ2) is 11.1. The molecule has 9 rings (SSSR count). The van der Waals surface area contributed by atoms with Crippen molar-refractivity contribution in [1.82, 2.24) is 0 Å². The van der Waals surface area contributed by atoms with Gasteiger partial charge in [0, 0.05) is 0 Å². The first kappa shape index (κ1) is 20.0. The van der Waals surface area contributed by atoms with E-state index in [1.807, 2.05) is 60.7 Å². The Hall–Kier alpha value is -5.46. The third-order valence-corrected chi connectivity index (χ3v) is 9.93. The summed E-state index contributed by atoms with van der Waals surface area (Å²) >= 11 is 0. The summed E-state index contributed by atoms with van der Waals surface area (Å²) in [5, 5.41) is 9.15. The van der Waals surface area contributed by atoms with Crippen molar-refractivity contribution in [1.29, 1.82) is 0 Å². The summed E-state index contributed by atoms with van der Waals surface area (Å²) < 4.78 is 86.7. The maximum Gasteiger partial charge on any atom is 0.0629 e. The van der Waals surface area contributed by atoms with Gasteiger partial charge in [-0.2, -0.15) is 0 Å². The predicted octanol–water partition coefficient (Wildman–Crippen LogP) is 14.1. The van der Waals surface area contributed by atoms with Crippen LogP contribution in [0.15, 0.2) is 145 Å². The first-order valence-corrected chi connectivity index (χ1v) is 16.5. The monoisotopic (exact) mass is 624 g/mol. The summed E-state index contributed by atoms with van der Waals surface area (Å²) in [6, 6.07) is 25.1. The lowest BCUT2D eigenvalue weighted by Gasteiger charge is -2.24. The maximum atomic E-state index is 9.01. The molecule has 9 aromatic rings. The third-order valence-electron chi connectivity index (χ3n) is 9.93. The smallest absolute Gasteiger partial charge is 0.0622 e. The number of fused-ring (bicyclic) bond motifs is 2. The average molecular weight is 625 g/mol. The summed E-state index contributed by atoms with van der Waals surface area (Å²) in [6.45, 7) is 8.56. The van der Waals surface area contributed by atoms with Crippen LogP contribution < -0.4 is 0 Å². The Morgan fingerprint density at radius 2 is 0.792 bits per heavy atom. The molecule has 0 aliphatic carbocycles. The summed E-state index contributed by atoms with van der Waals surface area (Å²) in [6.07, 6.45) is 0. The van der Waals surface area contributed by atoms with Crippen molar-refractivity contribution in [2.24, 2.45) is 0 Å². The van der Waals surface area contributed by atoms with E-state index >= 15 is 0 Å². The molecule has 0 radical (unpaired) electrons. The van der Waals surface area contributed by atoms with E-state index in [1.54, 1.807) is 0 Å². The molecule has 0 bridgehead atoms. The topological polar surface area (TPSA) is 0 Å². The van der Waals surface area contributed by atoms with Gasteiger partial charge in [0.15, 0.2) is 0 Å². The molecule has 0 fully saturated rings. The van der Waals surface area contributed by atoms with Gasteiger partial charge in [-0.15, -0.1) is 0 Å². The molecular weight excluding hydrogens is 577 g/mol. The van der Waals surface area contributed by atoms with Crippen molar-refractivity contribution in [2.45, 2.75) is 39.5 Å². The number of rotatable bonds is 5. The lowest BCUT2D eigenvalue weighted by atomic mass is 9.79. The van der Waals surface area contributed by atoms with Crippen LogP contribution in [0.5, 0.6) is 0 Å². The summed E-state index contributed by atoms with van der Waals surface area (Å²) in [5.41, 5.74) is 5.58. The molecule has 0 N–H and O–H groups in total. The lowest BCUT2D eigenvalue weighted by molar-refractivity contribution is 0.876. The molecule has 0 nitrogen and oxygen atoms in total. The molecule has 0 unspecified atom stereocenters. The second-order valence-corrected chi connectivity index (χ2v) is 13.2. The van der Waals surface area contributed by atoms with Crippen LogP contribution in [0, 0.1) is 0 Å². The number of hydrogen-bond acceptors (Lipinski definition) is 0. The standard InChI is InChI=1S/C48H38/c1-29(2)41-27-43(31-15-7-5-8-16-31)39-25-23-38-42(30(3)4)28-44(40-26-24-37(41)47(39)48(38)40)46-35-21-13-11-19-33(35)45(32-17-9-6-10-18-32)34-20-12-14-22-36(34)46/h5-30H,1-4H3/i5D,6D,7D,8D,9D,10D,15D,16D,17D,18D. The Morgan fingerprint density at radius 1 is 0.396 bits per heavy atom. The van der Waals surface area contributed by atoms with Crippen molar-refractivity contribution in [3.63, 3.8) is 0 Å². The molecule has 0 heterocycles. The van der Waals surface area contributed by atoms with Crippen LogP contribution in [0.25, 0.3) is 87.2 Å². The Kier molecular flexibility index (Phi) is 4.62. The predicted molar refractivity (Wildman–Crippen MR) is 210 cm³/mol. The Bertz CT molecular complexity index is 3120. The van der Waals surface area contributed by atoms with Gasteiger partial charge in [0.2, 0.25) is 0 Å². The van der Waals surface area contributed by atoms with Gasteiger partial charge in [-0.05, 0) is 122 Å². The van der Waals surface area contributed by atoms with Crippen LogP contribution in [0.2, 0.25) is 0 Å². The van der Waals surface area contributed by atoms with Crippen LogP contribution in [0.4, 0.5) is 0 Å². The normalized spacial score (nSPS) is 15.0. The van der Waals surface area contributed by atoms with Crippen LogP contribution in [0.3, 0.4) is 0 Å². The lowest BCUT2D eigenvalue weighted by Crippen LogP contribution is -1.99. The summed E-state index contributed by atoms with van der Waals surface area (Å²) in [5.74, 6) is 0.162. The molecule has 0 aliphatic heterocycles. The van der Waals surface area contributed by atoms with Crippen LogP contribution in [-0.2, 0) is 0 Å². The van der Waals surface area contributed by atoms with Crippen LogP contribution >= 0.6 is 0 Å². The van der Waals surface area contributed by atoms with Crippen LogP contribution in [-0.4, -0.2) is 0 Å². The van der Waals surface area contributed by atoms with Crippen LogP contribution in [0.1, 0.15) is 64.4 Å². The third kappa shape index (κ3) is 4.22. The fourth-order valence-electron chi connectivity index (χ4n) is 7.86. The highest BCUT2D eigenvalue weighted by Crippen LogP contribution is 2.50. The Morgan fingerprint density at radius 3 is 1.27 bits per heavy atom. The molecule has 0 atom stereocenters. The molecule has 0 aliphatic rings. The van der Waals surface area contributed by atoms with E-state index in [2.05, 4.69) is 52.0 Å². The highest BCUT2D eigenvalue weighted by molar-refractivity contribution is 6.31. The highest BCUT2D eigenvalue weighted by Gasteiger charge is 2.24. The van der Waals surface area contributed by atoms with E-state index in [9.17, 15) is 0 Å². The minimum atomic E-state index is -0.436. The summed E-state index contributed by atoms with van der Waals surface area (Å²) in [4.78, 5) is 0. The highest BCUT2D eigenvalue weighted by atomic mass is 14.3. The van der Waals surface area contributed by atoms with Crippen molar-refractivity contribution < 1.29 is 13.7 Å². The van der Waals surface area contributed by atoms with Gasteiger partial charge in [-0.25, -0.2) is 0 Å². The van der Waals surface area contributed by atoms with Crippen molar-refractivity contribution >= 4 is 53.9 Å². The summed E-state index contributed by atoms with van der Waals surface area (Å²) in [7, 11) is 0. The van der Waals surface area contributed by atoms with Gasteiger partial charge < -0.3 is 0 Å². The SMILES string of the molecule is [2H]c1c([2H])c([2H])c(-c2c3ccccc3c(-c3cc(C(C)C)c4ccc5c(-c6c([2H])c([2H])c([2H])c([2H])c6[2H])cc(C(C)C)c6ccc3c4c56)c3ccccc23)c([2H])c1[2H]. The van der Waals surface area contributed by atoms with E-state index in [0.29, 0.717) is 11.1 Å². The molecule has 0 amide bonds. The number of hydrogen-bond donors (Lipinski definition) is 0. The minimum Gasteiger partial charge on any atom is -0.0622 e. The molecular formula is C48H38. The van der Waals surface area contributed by atoms with Gasteiger partial charge in [0.05, 0.1) is 13.7 Å². The van der Waals surface area contributed by atoms with Crippen molar-refractivity contribution in [3.8, 4) is 33.4 Å². The second-order valence-electron chi connectivity index (χ2n) is 13.2. The average Bonchev–Trinajstić information content (AvgIpc) is 3.22. The van der Waals surface area contributed by atoms with Gasteiger partial charge in [-0.1, -0.05) is 161 Å². The molecule has 230 valence electrons. The van der Waals surface area contributed by atoms with Crippen molar-refractivity contribution in [2.75, 3.05) is 0 Å². The first-order chi connectivity index (χ1) is 27.6. The molecule has 0 saturated carbocycles. The van der Waals surface area contributed by atoms with E-state index in [1.165, 1.54) is 0 Å². The first-order valence-electron chi connectivity index (χ1n) is 21.5. The number of benzene rings is 9. The molecule has 0 saturated heterocycles. The Balaban J connectivity index is 1.49. The fourth-order valence-corrected chi connectivity index (χ4v) is 7.86. The van der Waals surface area contributed by atoms with E-state index in [-0.39, 0.29) is 71.3 Å². The molecule has 0 spiro atoms. The zero-order valence-corrected chi connectivity index (χ0v) is 27.2. The largest absolute Gasteiger partial charge is 0.0629 e. The molecule has 9 aromatic carbocycles. The molecule has 48 heavy (non-hydrogen) atoms. The Labute approximate surface area is 296 Å². The molecule has 0 heteroatoms. The van der Waals surface area contributed by atoms with Gasteiger partial charge in [0.25, 0.3) is 0 Å². The van der Waals surface area contributed by atoms with Crippen molar-refractivity contribution in [3.05, 3.63) is 156 Å². The minimum absolute atomic E-state index is 0.0546. The quantitative estimate of drug-likeness (QED) is 0.132. The van der Waals surface area contributed by atoms with Gasteiger partial charge in [0.1, 0.15) is 0 Å². The van der Waals surface area contributed by atoms with E-state index in [0.717, 1.165) is 76.1 Å². The van der Waals surface area contributed by atoms with Gasteiger partial charge in [-0.3, -0.25) is 0 Å². The van der Waals surface area contributed by atoms with E-state index < -0.39 is 12.1 Å². The maximum absolute atomic E-state index is 9.01.